The van der Waals surface area contributed by atoms with Crippen molar-refractivity contribution in [3.63, 3.8) is 0 Å². The van der Waals surface area contributed by atoms with Gasteiger partial charge in [-0.05, 0) is 36.4 Å². The number of para-hydroxylation sites is 2. The fourth-order valence-corrected chi connectivity index (χ4v) is 3.21. The number of aryl methyl sites for hydroxylation is 1. The van der Waals surface area contributed by atoms with Crippen molar-refractivity contribution in [1.82, 2.24) is 9.55 Å². The largest absolute Gasteiger partial charge is 0.573 e. The van der Waals surface area contributed by atoms with Crippen molar-refractivity contribution in [2.24, 2.45) is 4.99 Å². The lowest BCUT2D eigenvalue weighted by molar-refractivity contribution is -0.274. The molecular formula is C20H16F4N4O. The zero-order valence-electron chi connectivity index (χ0n) is 15.3. The van der Waals surface area contributed by atoms with Crippen LogP contribution < -0.4 is 9.64 Å². The molecule has 4 rings (SSSR count). The first-order valence-electron chi connectivity index (χ1n) is 8.88. The van der Waals surface area contributed by atoms with Crippen LogP contribution in [0.1, 0.15) is 12.7 Å². The van der Waals surface area contributed by atoms with E-state index in [0.29, 0.717) is 18.1 Å². The molecule has 5 nitrogen and oxygen atoms in total. The standard InChI is InChI=1S/C20H16F4N4O/c1-2-18-26-16-5-3-4-6-17(16)28(18)19-25-11-13(21)12-27(19)14-7-9-15(10-8-14)29-20(22,23)24/h3-11H,2,12H2,1H3. The number of anilines is 1. The smallest absolute Gasteiger partial charge is 0.406 e. The van der Waals surface area contributed by atoms with Gasteiger partial charge in [-0.15, -0.1) is 13.2 Å². The molecule has 2 heterocycles. The third kappa shape index (κ3) is 3.80. The number of hydrogen-bond donors (Lipinski definition) is 0. The van der Waals surface area contributed by atoms with Crippen LogP contribution in [0, 0.1) is 0 Å². The molecule has 1 aliphatic heterocycles. The third-order valence-electron chi connectivity index (χ3n) is 4.40. The molecule has 0 radical (unpaired) electrons. The van der Waals surface area contributed by atoms with E-state index in [1.54, 1.807) is 4.90 Å². The summed E-state index contributed by atoms with van der Waals surface area (Å²) in [5.41, 5.74) is 2.05. The Morgan fingerprint density at radius 2 is 1.79 bits per heavy atom. The molecule has 1 aromatic heterocycles. The average molecular weight is 404 g/mol. The second-order valence-corrected chi connectivity index (χ2v) is 6.34. The minimum absolute atomic E-state index is 0.103. The van der Waals surface area contributed by atoms with Crippen molar-refractivity contribution >= 4 is 22.7 Å². The molecule has 0 atom stereocenters. The Morgan fingerprint density at radius 1 is 1.07 bits per heavy atom. The van der Waals surface area contributed by atoms with E-state index in [9.17, 15) is 17.6 Å². The van der Waals surface area contributed by atoms with Gasteiger partial charge < -0.3 is 9.64 Å². The lowest BCUT2D eigenvalue weighted by Crippen LogP contribution is -2.39. The van der Waals surface area contributed by atoms with Crippen LogP contribution in [0.4, 0.5) is 23.2 Å². The molecule has 0 saturated heterocycles. The maximum atomic E-state index is 14.0. The molecule has 2 aromatic carbocycles. The van der Waals surface area contributed by atoms with Crippen molar-refractivity contribution in [2.45, 2.75) is 19.7 Å². The highest BCUT2D eigenvalue weighted by Crippen LogP contribution is 2.28. The van der Waals surface area contributed by atoms with Crippen LogP contribution in [0.25, 0.3) is 11.0 Å². The maximum Gasteiger partial charge on any atom is 0.573 e. The number of halogens is 4. The predicted octanol–water partition coefficient (Wildman–Crippen LogP) is 5.03. The summed E-state index contributed by atoms with van der Waals surface area (Å²) < 4.78 is 57.0. The van der Waals surface area contributed by atoms with Crippen LogP contribution in [0.3, 0.4) is 0 Å². The summed E-state index contributed by atoms with van der Waals surface area (Å²) in [6.45, 7) is 1.85. The second-order valence-electron chi connectivity index (χ2n) is 6.34. The van der Waals surface area contributed by atoms with Gasteiger partial charge in [-0.25, -0.2) is 14.4 Å². The topological polar surface area (TPSA) is 42.7 Å². The Labute approximate surface area is 163 Å². The van der Waals surface area contributed by atoms with Crippen LogP contribution >= 0.6 is 0 Å². The molecule has 0 aliphatic carbocycles. The van der Waals surface area contributed by atoms with Gasteiger partial charge in [-0.1, -0.05) is 19.1 Å². The Balaban J connectivity index is 1.77. The van der Waals surface area contributed by atoms with E-state index >= 15 is 0 Å². The number of nitrogens with zero attached hydrogens (tertiary/aromatic N) is 4. The van der Waals surface area contributed by atoms with Crippen LogP contribution in [0.15, 0.2) is 65.6 Å². The van der Waals surface area contributed by atoms with Gasteiger partial charge in [0.15, 0.2) is 0 Å². The van der Waals surface area contributed by atoms with E-state index in [-0.39, 0.29) is 12.3 Å². The zero-order chi connectivity index (χ0) is 20.6. The van der Waals surface area contributed by atoms with Gasteiger partial charge in [-0.2, -0.15) is 0 Å². The number of benzene rings is 2. The molecule has 3 aromatic rings. The van der Waals surface area contributed by atoms with Crippen LogP contribution in [0.5, 0.6) is 5.75 Å². The molecule has 9 heteroatoms. The molecule has 0 saturated carbocycles. The van der Waals surface area contributed by atoms with Gasteiger partial charge in [0, 0.05) is 12.1 Å². The number of aromatic nitrogens is 2. The van der Waals surface area contributed by atoms with Crippen LogP contribution in [-0.2, 0) is 6.42 Å². The normalized spacial score (nSPS) is 14.7. The fourth-order valence-electron chi connectivity index (χ4n) is 3.21. The fraction of sp³-hybridized carbons (Fsp3) is 0.200. The Kier molecular flexibility index (Phi) is 4.73. The minimum Gasteiger partial charge on any atom is -0.406 e. The Hall–Kier alpha value is -3.36. The van der Waals surface area contributed by atoms with Gasteiger partial charge in [0.05, 0.1) is 23.8 Å². The second kappa shape index (κ2) is 7.23. The monoisotopic (exact) mass is 404 g/mol. The quantitative estimate of drug-likeness (QED) is 0.575. The van der Waals surface area contributed by atoms with Crippen LogP contribution in [-0.4, -0.2) is 28.4 Å². The summed E-state index contributed by atoms with van der Waals surface area (Å²) in [7, 11) is 0. The summed E-state index contributed by atoms with van der Waals surface area (Å²) in [4.78, 5) is 10.5. The summed E-state index contributed by atoms with van der Waals surface area (Å²) >= 11 is 0. The minimum atomic E-state index is -4.78. The van der Waals surface area contributed by atoms with E-state index in [1.165, 1.54) is 24.3 Å². The summed E-state index contributed by atoms with van der Waals surface area (Å²) in [6, 6.07) is 12.7. The molecule has 0 amide bonds. The molecule has 29 heavy (non-hydrogen) atoms. The SMILES string of the molecule is CCc1nc2ccccc2n1C1=NC=C(F)CN1c1ccc(OC(F)(F)F)cc1. The van der Waals surface area contributed by atoms with Gasteiger partial charge in [0.2, 0.25) is 5.96 Å². The number of alkyl halides is 3. The first kappa shape index (κ1) is 19.0. The van der Waals surface area contributed by atoms with Crippen molar-refractivity contribution in [3.8, 4) is 5.75 Å². The van der Waals surface area contributed by atoms with Crippen molar-refractivity contribution in [2.75, 3.05) is 11.4 Å². The summed E-state index contributed by atoms with van der Waals surface area (Å²) in [5, 5.41) is 0. The number of hydrogen-bond acceptors (Lipinski definition) is 4. The average Bonchev–Trinajstić information content (AvgIpc) is 3.06. The van der Waals surface area contributed by atoms with Crippen molar-refractivity contribution in [1.29, 1.82) is 0 Å². The highest BCUT2D eigenvalue weighted by molar-refractivity contribution is 6.04. The van der Waals surface area contributed by atoms with Crippen molar-refractivity contribution in [3.05, 3.63) is 66.4 Å². The highest BCUT2D eigenvalue weighted by Gasteiger charge is 2.31. The Morgan fingerprint density at radius 3 is 2.48 bits per heavy atom. The number of ether oxygens (including phenoxy) is 1. The molecule has 0 N–H and O–H groups in total. The molecule has 0 bridgehead atoms. The summed E-state index contributed by atoms with van der Waals surface area (Å²) in [5.74, 6) is 0.339. The van der Waals surface area contributed by atoms with Gasteiger partial charge in [-0.3, -0.25) is 4.57 Å². The van der Waals surface area contributed by atoms with E-state index in [4.69, 9.17) is 0 Å². The lowest BCUT2D eigenvalue weighted by Gasteiger charge is -2.29. The molecule has 1 aliphatic rings. The zero-order valence-corrected chi connectivity index (χ0v) is 15.3. The maximum absolute atomic E-state index is 14.0. The molecule has 0 fully saturated rings. The number of imidazole rings is 1. The Bertz CT molecular complexity index is 1100. The van der Waals surface area contributed by atoms with Gasteiger partial charge in [0.25, 0.3) is 0 Å². The lowest BCUT2D eigenvalue weighted by atomic mass is 10.2. The molecule has 150 valence electrons. The van der Waals surface area contributed by atoms with E-state index < -0.39 is 12.2 Å². The van der Waals surface area contributed by atoms with Crippen molar-refractivity contribution < 1.29 is 22.3 Å². The molecule has 0 unspecified atom stereocenters. The molecular weight excluding hydrogens is 388 g/mol. The highest BCUT2D eigenvalue weighted by atomic mass is 19.4. The van der Waals surface area contributed by atoms with Gasteiger partial charge >= 0.3 is 6.36 Å². The van der Waals surface area contributed by atoms with Crippen LogP contribution in [0.2, 0.25) is 0 Å². The first-order chi connectivity index (χ1) is 13.9. The van der Waals surface area contributed by atoms with E-state index in [0.717, 1.165) is 23.1 Å². The first-order valence-corrected chi connectivity index (χ1v) is 8.88. The van der Waals surface area contributed by atoms with Gasteiger partial charge in [0.1, 0.15) is 17.4 Å². The predicted molar refractivity (Wildman–Crippen MR) is 102 cm³/mol. The number of aliphatic imine (C=N–C) groups is 1. The summed E-state index contributed by atoms with van der Waals surface area (Å²) in [6.07, 6.45) is -3.02. The molecule has 0 spiro atoms. The third-order valence-corrected chi connectivity index (χ3v) is 4.40. The number of fused-ring (bicyclic) bond motifs is 1. The van der Waals surface area contributed by atoms with E-state index in [2.05, 4.69) is 14.7 Å². The van der Waals surface area contributed by atoms with E-state index in [1.807, 2.05) is 35.8 Å². The number of rotatable bonds is 3.